The SMILES string of the molecule is CCOc1ccc(CC(=O)NCc2ccnc(N3CCCC3)c2)cc1. The quantitative estimate of drug-likeness (QED) is 0.843. The minimum absolute atomic E-state index is 0.0173. The highest BCUT2D eigenvalue weighted by Gasteiger charge is 2.13. The number of nitrogens with zero attached hydrogens (tertiary/aromatic N) is 2. The molecule has 0 spiro atoms. The van der Waals surface area contributed by atoms with Gasteiger partial charge in [0.1, 0.15) is 11.6 Å². The number of carbonyl (C=O) groups excluding carboxylic acids is 1. The molecular formula is C20H25N3O2. The summed E-state index contributed by atoms with van der Waals surface area (Å²) in [4.78, 5) is 18.9. The molecule has 0 unspecified atom stereocenters. The van der Waals surface area contributed by atoms with Crippen molar-refractivity contribution < 1.29 is 9.53 Å². The Bertz CT molecular complexity index is 694. The van der Waals surface area contributed by atoms with Crippen LogP contribution in [0, 0.1) is 0 Å². The molecule has 1 aromatic heterocycles. The summed E-state index contributed by atoms with van der Waals surface area (Å²) >= 11 is 0. The van der Waals surface area contributed by atoms with Gasteiger partial charge in [-0.3, -0.25) is 4.79 Å². The Morgan fingerprint density at radius 1 is 1.16 bits per heavy atom. The first-order chi connectivity index (χ1) is 12.2. The molecule has 25 heavy (non-hydrogen) atoms. The standard InChI is InChI=1S/C20H25N3O2/c1-2-25-18-7-5-16(6-8-18)14-20(24)22-15-17-9-10-21-19(13-17)23-11-3-4-12-23/h5-10,13H,2-4,11-12,14-15H2,1H3,(H,22,24). The van der Waals surface area contributed by atoms with Gasteiger partial charge in [0.15, 0.2) is 0 Å². The highest BCUT2D eigenvalue weighted by atomic mass is 16.5. The van der Waals surface area contributed by atoms with E-state index in [2.05, 4.69) is 21.3 Å². The molecule has 0 aliphatic carbocycles. The lowest BCUT2D eigenvalue weighted by atomic mass is 10.1. The number of anilines is 1. The van der Waals surface area contributed by atoms with E-state index in [0.29, 0.717) is 19.6 Å². The predicted molar refractivity (Wildman–Crippen MR) is 98.8 cm³/mol. The summed E-state index contributed by atoms with van der Waals surface area (Å²) in [6, 6.07) is 11.7. The Balaban J connectivity index is 1.51. The molecule has 1 aliphatic rings. The van der Waals surface area contributed by atoms with Crippen LogP contribution in [0.1, 0.15) is 30.9 Å². The first-order valence-corrected chi connectivity index (χ1v) is 8.93. The average Bonchev–Trinajstić information content (AvgIpc) is 3.17. The van der Waals surface area contributed by atoms with Crippen molar-refractivity contribution in [3.8, 4) is 5.75 Å². The number of benzene rings is 1. The molecule has 1 fully saturated rings. The number of carbonyl (C=O) groups is 1. The van der Waals surface area contributed by atoms with Gasteiger partial charge in [0, 0.05) is 25.8 Å². The van der Waals surface area contributed by atoms with Crippen LogP contribution in [0.3, 0.4) is 0 Å². The van der Waals surface area contributed by atoms with Gasteiger partial charge in [0.25, 0.3) is 0 Å². The van der Waals surface area contributed by atoms with Crippen LogP contribution in [-0.2, 0) is 17.8 Å². The molecule has 0 saturated carbocycles. The fraction of sp³-hybridized carbons (Fsp3) is 0.400. The van der Waals surface area contributed by atoms with Crippen LogP contribution in [0.2, 0.25) is 0 Å². The summed E-state index contributed by atoms with van der Waals surface area (Å²) in [5.74, 6) is 1.86. The monoisotopic (exact) mass is 339 g/mol. The minimum atomic E-state index is 0.0173. The molecule has 2 aromatic rings. The molecule has 2 heterocycles. The maximum atomic E-state index is 12.2. The van der Waals surface area contributed by atoms with Crippen molar-refractivity contribution in [2.75, 3.05) is 24.6 Å². The zero-order valence-corrected chi connectivity index (χ0v) is 14.7. The van der Waals surface area contributed by atoms with Crippen molar-refractivity contribution in [3.05, 3.63) is 53.7 Å². The first kappa shape index (κ1) is 17.3. The van der Waals surface area contributed by atoms with E-state index in [1.807, 2.05) is 43.5 Å². The molecule has 1 aliphatic heterocycles. The third-order valence-corrected chi connectivity index (χ3v) is 4.33. The number of ether oxygens (including phenoxy) is 1. The van der Waals surface area contributed by atoms with E-state index >= 15 is 0 Å². The molecule has 132 valence electrons. The van der Waals surface area contributed by atoms with Crippen molar-refractivity contribution in [2.24, 2.45) is 0 Å². The van der Waals surface area contributed by atoms with Crippen LogP contribution < -0.4 is 15.0 Å². The smallest absolute Gasteiger partial charge is 0.224 e. The van der Waals surface area contributed by atoms with Crippen LogP contribution in [0.5, 0.6) is 5.75 Å². The summed E-state index contributed by atoms with van der Waals surface area (Å²) in [7, 11) is 0. The van der Waals surface area contributed by atoms with Crippen LogP contribution in [0.4, 0.5) is 5.82 Å². The molecule has 3 rings (SSSR count). The van der Waals surface area contributed by atoms with E-state index < -0.39 is 0 Å². The second kappa shape index (κ2) is 8.51. The van der Waals surface area contributed by atoms with Gasteiger partial charge in [-0.25, -0.2) is 4.98 Å². The summed E-state index contributed by atoms with van der Waals surface area (Å²) in [5, 5.41) is 2.99. The van der Waals surface area contributed by atoms with E-state index in [1.165, 1.54) is 12.8 Å². The second-order valence-electron chi connectivity index (χ2n) is 6.25. The minimum Gasteiger partial charge on any atom is -0.494 e. The van der Waals surface area contributed by atoms with Crippen LogP contribution >= 0.6 is 0 Å². The fourth-order valence-electron chi connectivity index (χ4n) is 3.01. The number of aromatic nitrogens is 1. The molecule has 0 atom stereocenters. The van der Waals surface area contributed by atoms with Crippen molar-refractivity contribution in [1.82, 2.24) is 10.3 Å². The van der Waals surface area contributed by atoms with Crippen LogP contribution in [0.25, 0.3) is 0 Å². The van der Waals surface area contributed by atoms with Gasteiger partial charge in [0.2, 0.25) is 5.91 Å². The Morgan fingerprint density at radius 2 is 1.92 bits per heavy atom. The van der Waals surface area contributed by atoms with Gasteiger partial charge < -0.3 is 15.0 Å². The Labute approximate surface area is 149 Å². The highest BCUT2D eigenvalue weighted by Crippen LogP contribution is 2.18. The second-order valence-corrected chi connectivity index (χ2v) is 6.25. The van der Waals surface area contributed by atoms with E-state index in [-0.39, 0.29) is 5.91 Å². The van der Waals surface area contributed by atoms with Gasteiger partial charge >= 0.3 is 0 Å². The number of rotatable bonds is 7. The molecule has 5 heteroatoms. The van der Waals surface area contributed by atoms with Crippen LogP contribution in [-0.4, -0.2) is 30.6 Å². The molecule has 1 amide bonds. The average molecular weight is 339 g/mol. The van der Waals surface area contributed by atoms with Crippen molar-refractivity contribution in [1.29, 1.82) is 0 Å². The number of nitrogens with one attached hydrogen (secondary N) is 1. The lowest BCUT2D eigenvalue weighted by Crippen LogP contribution is -2.25. The predicted octanol–water partition coefficient (Wildman–Crippen LogP) is 2.94. The van der Waals surface area contributed by atoms with Gasteiger partial charge in [0.05, 0.1) is 13.0 Å². The highest BCUT2D eigenvalue weighted by molar-refractivity contribution is 5.78. The molecule has 1 saturated heterocycles. The summed E-state index contributed by atoms with van der Waals surface area (Å²) < 4.78 is 5.41. The molecule has 5 nitrogen and oxygen atoms in total. The lowest BCUT2D eigenvalue weighted by molar-refractivity contribution is -0.120. The van der Waals surface area contributed by atoms with Gasteiger partial charge in [-0.1, -0.05) is 12.1 Å². The van der Waals surface area contributed by atoms with Gasteiger partial charge in [-0.2, -0.15) is 0 Å². The molecule has 0 bridgehead atoms. The zero-order valence-electron chi connectivity index (χ0n) is 14.7. The largest absolute Gasteiger partial charge is 0.494 e. The van der Waals surface area contributed by atoms with E-state index in [0.717, 1.165) is 35.8 Å². The number of hydrogen-bond acceptors (Lipinski definition) is 4. The summed E-state index contributed by atoms with van der Waals surface area (Å²) in [6.45, 7) is 5.26. The Hall–Kier alpha value is -2.56. The molecule has 1 N–H and O–H groups in total. The number of pyridine rings is 1. The number of hydrogen-bond donors (Lipinski definition) is 1. The van der Waals surface area contributed by atoms with Crippen molar-refractivity contribution in [3.63, 3.8) is 0 Å². The maximum Gasteiger partial charge on any atom is 0.224 e. The lowest BCUT2D eigenvalue weighted by Gasteiger charge is -2.17. The maximum absolute atomic E-state index is 12.2. The first-order valence-electron chi connectivity index (χ1n) is 8.93. The molecule has 1 aromatic carbocycles. The third kappa shape index (κ3) is 4.95. The summed E-state index contributed by atoms with van der Waals surface area (Å²) in [5.41, 5.74) is 2.06. The van der Waals surface area contributed by atoms with Crippen molar-refractivity contribution >= 4 is 11.7 Å². The molecule has 0 radical (unpaired) electrons. The summed E-state index contributed by atoms with van der Waals surface area (Å²) in [6.07, 6.45) is 4.65. The van der Waals surface area contributed by atoms with Crippen molar-refractivity contribution in [2.45, 2.75) is 32.7 Å². The van der Waals surface area contributed by atoms with Crippen LogP contribution in [0.15, 0.2) is 42.6 Å². The normalized spacial score (nSPS) is 13.7. The third-order valence-electron chi connectivity index (χ3n) is 4.33. The number of amides is 1. The van der Waals surface area contributed by atoms with Gasteiger partial charge in [-0.05, 0) is 55.2 Å². The van der Waals surface area contributed by atoms with E-state index in [4.69, 9.17) is 4.74 Å². The zero-order chi connectivity index (χ0) is 17.5. The Kier molecular flexibility index (Phi) is 5.88. The Morgan fingerprint density at radius 3 is 2.64 bits per heavy atom. The van der Waals surface area contributed by atoms with E-state index in [1.54, 1.807) is 0 Å². The van der Waals surface area contributed by atoms with Gasteiger partial charge in [-0.15, -0.1) is 0 Å². The topological polar surface area (TPSA) is 54.5 Å². The molecular weight excluding hydrogens is 314 g/mol. The fourth-order valence-corrected chi connectivity index (χ4v) is 3.01. The van der Waals surface area contributed by atoms with E-state index in [9.17, 15) is 4.79 Å².